The number of hydrogen-bond acceptors (Lipinski definition) is 0. The first kappa shape index (κ1) is 8.06. The molecule has 0 heterocycles. The van der Waals surface area contributed by atoms with E-state index >= 15 is 0 Å². The zero-order chi connectivity index (χ0) is 8.27. The summed E-state index contributed by atoms with van der Waals surface area (Å²) in [5.41, 5.74) is 4.08. The van der Waals surface area contributed by atoms with E-state index < -0.39 is 0 Å². The fraction of sp³-hybridized carbons (Fsp3) is 0.273. The van der Waals surface area contributed by atoms with Crippen molar-refractivity contribution in [3.63, 3.8) is 0 Å². The second-order valence-electron chi connectivity index (χ2n) is 2.90. The molecule has 0 saturated carbocycles. The minimum absolute atomic E-state index is 1.35. The molecule has 0 amide bonds. The average Bonchev–Trinajstić information content (AvgIpc) is 2.00. The molecular weight excluding hydrogens is 132 g/mol. The fourth-order valence-electron chi connectivity index (χ4n) is 1.02. The molecule has 0 radical (unpaired) electrons. The molecule has 1 aliphatic rings. The van der Waals surface area contributed by atoms with Crippen molar-refractivity contribution in [2.45, 2.75) is 20.8 Å². The molecule has 1 aliphatic carbocycles. The highest BCUT2D eigenvalue weighted by Crippen LogP contribution is 2.15. The van der Waals surface area contributed by atoms with E-state index in [2.05, 4.69) is 51.2 Å². The van der Waals surface area contributed by atoms with E-state index in [1.807, 2.05) is 0 Å². The average molecular weight is 146 g/mol. The standard InChI is InChI=1S/C11H14/c1-9-7-5-4-6-8-10(2)11(9)3/h4-8H,1-3H3/b5-4-,6-4?,7-5?,8-6-,9-7-,10-8?,11-9?,11-10-. The van der Waals surface area contributed by atoms with Crippen molar-refractivity contribution in [2.75, 3.05) is 0 Å². The molecule has 0 aromatic heterocycles. The molecule has 0 aromatic carbocycles. The van der Waals surface area contributed by atoms with Gasteiger partial charge in [-0.2, -0.15) is 0 Å². The second kappa shape index (κ2) is 3.38. The van der Waals surface area contributed by atoms with Crippen LogP contribution in [0, 0.1) is 0 Å². The first-order chi connectivity index (χ1) is 5.22. The smallest absolute Gasteiger partial charge is 0.0392 e. The summed E-state index contributed by atoms with van der Waals surface area (Å²) in [7, 11) is 0. The third-order valence-electron chi connectivity index (χ3n) is 2.10. The summed E-state index contributed by atoms with van der Waals surface area (Å²) in [6.07, 6.45) is 10.5. The topological polar surface area (TPSA) is 0 Å². The molecule has 58 valence electrons. The van der Waals surface area contributed by atoms with Gasteiger partial charge < -0.3 is 0 Å². The lowest BCUT2D eigenvalue weighted by atomic mass is 10.0. The van der Waals surface area contributed by atoms with Gasteiger partial charge in [-0.25, -0.2) is 0 Å². The SMILES string of the molecule is CC1=C/C=C\C=C/C(C)=C\1C. The van der Waals surface area contributed by atoms with Crippen molar-refractivity contribution >= 4 is 0 Å². The van der Waals surface area contributed by atoms with Crippen LogP contribution < -0.4 is 0 Å². The fourth-order valence-corrected chi connectivity index (χ4v) is 1.02. The van der Waals surface area contributed by atoms with Crippen LogP contribution in [0.25, 0.3) is 0 Å². The Morgan fingerprint density at radius 3 is 2.36 bits per heavy atom. The minimum Gasteiger partial charge on any atom is -0.0622 e. The Hall–Kier alpha value is -1.04. The first-order valence-corrected chi connectivity index (χ1v) is 3.91. The Bertz CT molecular complexity index is 260. The monoisotopic (exact) mass is 146 g/mol. The van der Waals surface area contributed by atoms with Gasteiger partial charge in [-0.15, -0.1) is 0 Å². The molecule has 0 unspecified atom stereocenters. The number of rotatable bonds is 0. The minimum atomic E-state index is 1.35. The van der Waals surface area contributed by atoms with Crippen LogP contribution >= 0.6 is 0 Å². The summed E-state index contributed by atoms with van der Waals surface area (Å²) in [6, 6.07) is 0. The molecule has 0 aliphatic heterocycles. The zero-order valence-corrected chi connectivity index (χ0v) is 7.39. The van der Waals surface area contributed by atoms with E-state index in [-0.39, 0.29) is 0 Å². The van der Waals surface area contributed by atoms with E-state index in [1.54, 1.807) is 0 Å². The van der Waals surface area contributed by atoms with Gasteiger partial charge in [-0.05, 0) is 37.5 Å². The highest BCUT2D eigenvalue weighted by Gasteiger charge is 1.95. The summed E-state index contributed by atoms with van der Waals surface area (Å²) >= 11 is 0. The Morgan fingerprint density at radius 2 is 1.64 bits per heavy atom. The van der Waals surface area contributed by atoms with E-state index in [0.29, 0.717) is 0 Å². The van der Waals surface area contributed by atoms with E-state index in [4.69, 9.17) is 0 Å². The van der Waals surface area contributed by atoms with Crippen LogP contribution in [0.3, 0.4) is 0 Å². The lowest BCUT2D eigenvalue weighted by Crippen LogP contribution is -1.84. The predicted molar refractivity (Wildman–Crippen MR) is 50.4 cm³/mol. The third-order valence-corrected chi connectivity index (χ3v) is 2.10. The summed E-state index contributed by atoms with van der Waals surface area (Å²) < 4.78 is 0. The first-order valence-electron chi connectivity index (χ1n) is 3.91. The van der Waals surface area contributed by atoms with E-state index in [1.165, 1.54) is 16.7 Å². The number of hydrogen-bond donors (Lipinski definition) is 0. The Morgan fingerprint density at radius 1 is 0.909 bits per heavy atom. The van der Waals surface area contributed by atoms with Crippen LogP contribution in [0.2, 0.25) is 0 Å². The van der Waals surface area contributed by atoms with Crippen LogP contribution in [-0.4, -0.2) is 0 Å². The van der Waals surface area contributed by atoms with Crippen LogP contribution in [0.4, 0.5) is 0 Å². The second-order valence-corrected chi connectivity index (χ2v) is 2.90. The molecule has 0 fully saturated rings. The molecule has 0 aromatic rings. The van der Waals surface area contributed by atoms with Gasteiger partial charge in [-0.1, -0.05) is 30.4 Å². The molecule has 11 heavy (non-hydrogen) atoms. The van der Waals surface area contributed by atoms with Gasteiger partial charge in [0, 0.05) is 0 Å². The van der Waals surface area contributed by atoms with Crippen molar-refractivity contribution < 1.29 is 0 Å². The highest BCUT2D eigenvalue weighted by molar-refractivity contribution is 5.41. The summed E-state index contributed by atoms with van der Waals surface area (Å²) in [5.74, 6) is 0. The van der Waals surface area contributed by atoms with Crippen molar-refractivity contribution in [3.05, 3.63) is 47.1 Å². The quantitative estimate of drug-likeness (QED) is 0.491. The van der Waals surface area contributed by atoms with E-state index in [9.17, 15) is 0 Å². The molecule has 0 atom stereocenters. The van der Waals surface area contributed by atoms with Crippen molar-refractivity contribution in [3.8, 4) is 0 Å². The molecule has 0 nitrogen and oxygen atoms in total. The van der Waals surface area contributed by atoms with Gasteiger partial charge in [0.15, 0.2) is 0 Å². The normalized spacial score (nSPS) is 35.0. The molecular formula is C11H14. The van der Waals surface area contributed by atoms with Crippen molar-refractivity contribution in [2.24, 2.45) is 0 Å². The Labute approximate surface area is 68.6 Å². The summed E-state index contributed by atoms with van der Waals surface area (Å²) in [6.45, 7) is 6.44. The van der Waals surface area contributed by atoms with Crippen LogP contribution in [0.15, 0.2) is 47.1 Å². The van der Waals surface area contributed by atoms with Crippen LogP contribution in [0.5, 0.6) is 0 Å². The molecule has 0 heteroatoms. The maximum atomic E-state index is 2.16. The molecule has 0 saturated heterocycles. The lowest BCUT2D eigenvalue weighted by Gasteiger charge is -2.04. The van der Waals surface area contributed by atoms with E-state index in [0.717, 1.165) is 0 Å². The predicted octanol–water partition coefficient (Wildman–Crippen LogP) is 3.40. The van der Waals surface area contributed by atoms with Crippen molar-refractivity contribution in [1.29, 1.82) is 0 Å². The lowest BCUT2D eigenvalue weighted by molar-refractivity contribution is 1.27. The molecule has 1 rings (SSSR count). The van der Waals surface area contributed by atoms with Gasteiger partial charge in [0.05, 0.1) is 0 Å². The van der Waals surface area contributed by atoms with Gasteiger partial charge in [-0.3, -0.25) is 0 Å². The Balaban J connectivity index is 3.07. The maximum absolute atomic E-state index is 2.16. The van der Waals surface area contributed by atoms with Gasteiger partial charge in [0.25, 0.3) is 0 Å². The van der Waals surface area contributed by atoms with Crippen LogP contribution in [-0.2, 0) is 0 Å². The number of allylic oxidation sites excluding steroid dienone is 8. The Kier molecular flexibility index (Phi) is 2.48. The maximum Gasteiger partial charge on any atom is -0.0392 e. The van der Waals surface area contributed by atoms with Gasteiger partial charge in [0.2, 0.25) is 0 Å². The van der Waals surface area contributed by atoms with Crippen LogP contribution in [0.1, 0.15) is 20.8 Å². The molecule has 0 N–H and O–H groups in total. The molecule has 0 spiro atoms. The molecule has 0 bridgehead atoms. The van der Waals surface area contributed by atoms with Crippen molar-refractivity contribution in [1.82, 2.24) is 0 Å². The summed E-state index contributed by atoms with van der Waals surface area (Å²) in [5, 5.41) is 0. The largest absolute Gasteiger partial charge is 0.0622 e. The zero-order valence-electron chi connectivity index (χ0n) is 7.39. The van der Waals surface area contributed by atoms with Gasteiger partial charge >= 0.3 is 0 Å². The third kappa shape index (κ3) is 1.94. The van der Waals surface area contributed by atoms with Gasteiger partial charge in [0.1, 0.15) is 0 Å². The highest BCUT2D eigenvalue weighted by atomic mass is 14.0. The summed E-state index contributed by atoms with van der Waals surface area (Å²) in [4.78, 5) is 0.